The van der Waals surface area contributed by atoms with Crippen LogP contribution in [0, 0.1) is 19.3 Å². The van der Waals surface area contributed by atoms with Gasteiger partial charge in [0.2, 0.25) is 5.13 Å². The summed E-state index contributed by atoms with van der Waals surface area (Å²) in [6, 6.07) is 6.20. The van der Waals surface area contributed by atoms with E-state index in [0.29, 0.717) is 5.75 Å². The Bertz CT molecular complexity index is 674. The molecule has 2 rings (SSSR count). The molecule has 2 aromatic rings. The van der Waals surface area contributed by atoms with E-state index in [1.807, 2.05) is 26.8 Å². The fourth-order valence-corrected chi connectivity index (χ4v) is 3.54. The molecule has 0 aliphatic heterocycles. The van der Waals surface area contributed by atoms with Crippen LogP contribution in [-0.4, -0.2) is 21.7 Å². The molecular weight excluding hydrogens is 314 g/mol. The van der Waals surface area contributed by atoms with E-state index in [4.69, 9.17) is 0 Å². The molecule has 1 aromatic carbocycles. The summed E-state index contributed by atoms with van der Waals surface area (Å²) in [6.07, 6.45) is 0. The number of aryl methyl sites for hydroxylation is 2. The molecule has 0 amide bonds. The van der Waals surface area contributed by atoms with Crippen molar-refractivity contribution >= 4 is 39.7 Å². The van der Waals surface area contributed by atoms with E-state index in [2.05, 4.69) is 41.5 Å². The minimum atomic E-state index is -0.307. The number of benzene rings is 1. The molecule has 4 nitrogen and oxygen atoms in total. The van der Waals surface area contributed by atoms with Gasteiger partial charge in [-0.25, -0.2) is 0 Å². The molecule has 0 saturated carbocycles. The Labute approximate surface area is 139 Å². The van der Waals surface area contributed by atoms with Crippen LogP contribution in [0.5, 0.6) is 0 Å². The molecule has 0 radical (unpaired) electrons. The molecule has 0 aliphatic rings. The molecule has 0 spiro atoms. The van der Waals surface area contributed by atoms with Gasteiger partial charge >= 0.3 is 0 Å². The number of hydrogen-bond acceptors (Lipinski definition) is 6. The van der Waals surface area contributed by atoms with E-state index in [1.54, 1.807) is 0 Å². The maximum absolute atomic E-state index is 11.9. The minimum Gasteiger partial charge on any atom is -0.330 e. The molecule has 22 heavy (non-hydrogen) atoms. The van der Waals surface area contributed by atoms with Crippen molar-refractivity contribution in [2.75, 3.05) is 11.1 Å². The molecule has 0 aliphatic carbocycles. The lowest BCUT2D eigenvalue weighted by atomic mass is 9.92. The number of ketones is 1. The zero-order chi connectivity index (χ0) is 16.3. The van der Waals surface area contributed by atoms with Gasteiger partial charge in [0.25, 0.3) is 0 Å². The number of nitrogens with one attached hydrogen (secondary N) is 1. The number of rotatable bonds is 5. The van der Waals surface area contributed by atoms with Crippen molar-refractivity contribution in [2.24, 2.45) is 5.41 Å². The summed E-state index contributed by atoms with van der Waals surface area (Å²) in [6.45, 7) is 9.97. The Morgan fingerprint density at radius 1 is 1.23 bits per heavy atom. The molecule has 0 unspecified atom stereocenters. The molecule has 118 valence electrons. The molecule has 6 heteroatoms. The number of carbonyl (C=O) groups excluding carboxylic acids is 1. The van der Waals surface area contributed by atoms with Gasteiger partial charge in [0, 0.05) is 11.1 Å². The second-order valence-electron chi connectivity index (χ2n) is 6.26. The van der Waals surface area contributed by atoms with E-state index in [9.17, 15) is 4.79 Å². The van der Waals surface area contributed by atoms with Crippen LogP contribution in [0.3, 0.4) is 0 Å². The van der Waals surface area contributed by atoms with Crippen LogP contribution in [0.1, 0.15) is 31.9 Å². The zero-order valence-corrected chi connectivity index (χ0v) is 15.2. The molecule has 0 saturated heterocycles. The predicted molar refractivity (Wildman–Crippen MR) is 94.3 cm³/mol. The van der Waals surface area contributed by atoms with Gasteiger partial charge in [-0.15, -0.1) is 10.2 Å². The SMILES string of the molecule is Cc1ccc(Nc2nnc(SCC(=O)C(C)(C)C)s2)cc1C. The highest BCUT2D eigenvalue weighted by Crippen LogP contribution is 2.29. The van der Waals surface area contributed by atoms with Crippen LogP contribution in [0.2, 0.25) is 0 Å². The highest BCUT2D eigenvalue weighted by atomic mass is 32.2. The summed E-state index contributed by atoms with van der Waals surface area (Å²) >= 11 is 2.92. The number of thioether (sulfide) groups is 1. The summed E-state index contributed by atoms with van der Waals surface area (Å²) in [7, 11) is 0. The van der Waals surface area contributed by atoms with Gasteiger partial charge in [-0.3, -0.25) is 4.79 Å². The average Bonchev–Trinajstić information content (AvgIpc) is 2.87. The van der Waals surface area contributed by atoms with Crippen molar-refractivity contribution in [3.8, 4) is 0 Å². The second-order valence-corrected chi connectivity index (χ2v) is 8.46. The fraction of sp³-hybridized carbons (Fsp3) is 0.438. The number of anilines is 2. The molecule has 0 atom stereocenters. The molecule has 1 N–H and O–H groups in total. The molecule has 1 aromatic heterocycles. The fourth-order valence-electron chi connectivity index (χ4n) is 1.61. The lowest BCUT2D eigenvalue weighted by Gasteiger charge is -2.15. The maximum Gasteiger partial charge on any atom is 0.210 e. The van der Waals surface area contributed by atoms with E-state index >= 15 is 0 Å². The lowest BCUT2D eigenvalue weighted by Crippen LogP contribution is -2.21. The van der Waals surface area contributed by atoms with Gasteiger partial charge < -0.3 is 5.32 Å². The molecule has 0 bridgehead atoms. The number of carbonyl (C=O) groups is 1. The molecule has 1 heterocycles. The van der Waals surface area contributed by atoms with Gasteiger partial charge in [0.15, 0.2) is 4.34 Å². The highest BCUT2D eigenvalue weighted by molar-refractivity contribution is 8.01. The Morgan fingerprint density at radius 3 is 2.59 bits per heavy atom. The van der Waals surface area contributed by atoms with E-state index in [1.165, 1.54) is 34.2 Å². The van der Waals surface area contributed by atoms with E-state index in [-0.39, 0.29) is 11.2 Å². The Morgan fingerprint density at radius 2 is 1.95 bits per heavy atom. The predicted octanol–water partition coefficient (Wildman–Crippen LogP) is 4.61. The van der Waals surface area contributed by atoms with Gasteiger partial charge in [-0.1, -0.05) is 49.9 Å². The van der Waals surface area contributed by atoms with Crippen LogP contribution >= 0.6 is 23.1 Å². The number of nitrogens with zero attached hydrogens (tertiary/aromatic N) is 2. The number of Topliss-reactive ketones (excluding diaryl/α,β-unsaturated/α-hetero) is 1. The molecule has 0 fully saturated rings. The second kappa shape index (κ2) is 6.79. The van der Waals surface area contributed by atoms with Crippen LogP contribution < -0.4 is 5.32 Å². The standard InChI is InChI=1S/C16H21N3OS2/c1-10-6-7-12(8-11(10)2)17-14-18-19-15(22-14)21-9-13(20)16(3,4)5/h6-8H,9H2,1-5H3,(H,17,18). The summed E-state index contributed by atoms with van der Waals surface area (Å²) in [5, 5.41) is 12.3. The zero-order valence-electron chi connectivity index (χ0n) is 13.6. The van der Waals surface area contributed by atoms with Gasteiger partial charge in [0.05, 0.1) is 5.75 Å². The Balaban J connectivity index is 1.96. The number of hydrogen-bond donors (Lipinski definition) is 1. The van der Waals surface area contributed by atoms with Crippen molar-refractivity contribution in [1.82, 2.24) is 10.2 Å². The van der Waals surface area contributed by atoms with Gasteiger partial charge in [-0.2, -0.15) is 0 Å². The summed E-state index contributed by atoms with van der Waals surface area (Å²) in [5.41, 5.74) is 3.19. The monoisotopic (exact) mass is 335 g/mol. The van der Waals surface area contributed by atoms with E-state index < -0.39 is 0 Å². The number of aromatic nitrogens is 2. The van der Waals surface area contributed by atoms with Crippen LogP contribution in [0.4, 0.5) is 10.8 Å². The average molecular weight is 335 g/mol. The van der Waals surface area contributed by atoms with Crippen molar-refractivity contribution in [3.05, 3.63) is 29.3 Å². The third-order valence-electron chi connectivity index (χ3n) is 3.33. The smallest absolute Gasteiger partial charge is 0.210 e. The quantitative estimate of drug-likeness (QED) is 0.809. The first-order valence-corrected chi connectivity index (χ1v) is 8.90. The summed E-state index contributed by atoms with van der Waals surface area (Å²) < 4.78 is 0.809. The van der Waals surface area contributed by atoms with Crippen LogP contribution in [0.15, 0.2) is 22.5 Å². The summed E-state index contributed by atoms with van der Waals surface area (Å²) in [4.78, 5) is 11.9. The van der Waals surface area contributed by atoms with Crippen LogP contribution in [-0.2, 0) is 4.79 Å². The lowest BCUT2D eigenvalue weighted by molar-refractivity contribution is -0.123. The van der Waals surface area contributed by atoms with Crippen molar-refractivity contribution < 1.29 is 4.79 Å². The topological polar surface area (TPSA) is 54.9 Å². The first-order valence-electron chi connectivity index (χ1n) is 7.09. The van der Waals surface area contributed by atoms with Gasteiger partial charge in [-0.05, 0) is 37.1 Å². The summed E-state index contributed by atoms with van der Waals surface area (Å²) in [5.74, 6) is 0.651. The Hall–Kier alpha value is -1.40. The minimum absolute atomic E-state index is 0.219. The van der Waals surface area contributed by atoms with Crippen molar-refractivity contribution in [2.45, 2.75) is 39.0 Å². The van der Waals surface area contributed by atoms with Crippen molar-refractivity contribution in [3.63, 3.8) is 0 Å². The van der Waals surface area contributed by atoms with E-state index in [0.717, 1.165) is 15.2 Å². The Kier molecular flexibility index (Phi) is 5.24. The maximum atomic E-state index is 11.9. The van der Waals surface area contributed by atoms with Crippen LogP contribution in [0.25, 0.3) is 0 Å². The largest absolute Gasteiger partial charge is 0.330 e. The third kappa shape index (κ3) is 4.55. The normalized spacial score (nSPS) is 11.5. The first kappa shape index (κ1) is 17.0. The highest BCUT2D eigenvalue weighted by Gasteiger charge is 2.21. The first-order chi connectivity index (χ1) is 10.3. The van der Waals surface area contributed by atoms with Crippen molar-refractivity contribution in [1.29, 1.82) is 0 Å². The molecular formula is C16H21N3OS2. The van der Waals surface area contributed by atoms with Gasteiger partial charge in [0.1, 0.15) is 5.78 Å². The third-order valence-corrected chi connectivity index (χ3v) is 5.30.